The minimum absolute atomic E-state index is 0.174. The highest BCUT2D eigenvalue weighted by molar-refractivity contribution is 5.78. The molecule has 4 heteroatoms. The van der Waals surface area contributed by atoms with Crippen LogP contribution in [0.15, 0.2) is 0 Å². The van der Waals surface area contributed by atoms with E-state index in [0.29, 0.717) is 18.9 Å². The molecule has 106 valence electrons. The van der Waals surface area contributed by atoms with Crippen molar-refractivity contribution >= 4 is 5.91 Å². The summed E-state index contributed by atoms with van der Waals surface area (Å²) in [5.74, 6) is 0.648. The number of hydrogen-bond acceptors (Lipinski definition) is 3. The smallest absolute Gasteiger partial charge is 0.236 e. The summed E-state index contributed by atoms with van der Waals surface area (Å²) in [5.41, 5.74) is 0. The van der Waals surface area contributed by atoms with Gasteiger partial charge in [-0.15, -0.1) is 0 Å². The molecule has 1 aliphatic rings. The molecule has 1 atom stereocenters. The van der Waals surface area contributed by atoms with Crippen molar-refractivity contribution in [1.82, 2.24) is 10.2 Å². The van der Waals surface area contributed by atoms with Crippen LogP contribution in [0.4, 0.5) is 0 Å². The maximum absolute atomic E-state index is 12.1. The SMILES string of the molecule is CC(C)C(CCO)NCC(=O)N1CCCCCC1. The van der Waals surface area contributed by atoms with Crippen molar-refractivity contribution in [3.8, 4) is 0 Å². The van der Waals surface area contributed by atoms with Gasteiger partial charge in [-0.3, -0.25) is 4.79 Å². The molecule has 0 saturated carbocycles. The average Bonchev–Trinajstić information content (AvgIpc) is 2.62. The van der Waals surface area contributed by atoms with Crippen molar-refractivity contribution in [2.75, 3.05) is 26.2 Å². The zero-order valence-electron chi connectivity index (χ0n) is 11.8. The number of nitrogens with one attached hydrogen (secondary N) is 1. The van der Waals surface area contributed by atoms with Gasteiger partial charge in [0.2, 0.25) is 5.91 Å². The largest absolute Gasteiger partial charge is 0.396 e. The van der Waals surface area contributed by atoms with Gasteiger partial charge in [-0.05, 0) is 25.2 Å². The van der Waals surface area contributed by atoms with Crippen molar-refractivity contribution < 1.29 is 9.90 Å². The first-order valence-corrected chi connectivity index (χ1v) is 7.27. The summed E-state index contributed by atoms with van der Waals surface area (Å²) < 4.78 is 0. The Morgan fingerprint density at radius 1 is 1.22 bits per heavy atom. The number of carbonyl (C=O) groups excluding carboxylic acids is 1. The van der Waals surface area contributed by atoms with Gasteiger partial charge in [0, 0.05) is 25.7 Å². The molecule has 1 amide bonds. The lowest BCUT2D eigenvalue weighted by Gasteiger charge is -2.25. The molecule has 18 heavy (non-hydrogen) atoms. The molecule has 1 rings (SSSR count). The first-order valence-electron chi connectivity index (χ1n) is 7.27. The molecule has 1 fully saturated rings. The number of aliphatic hydroxyl groups excluding tert-OH is 1. The van der Waals surface area contributed by atoms with Gasteiger partial charge in [0.15, 0.2) is 0 Å². The number of nitrogens with zero attached hydrogens (tertiary/aromatic N) is 1. The van der Waals surface area contributed by atoms with Crippen molar-refractivity contribution in [3.63, 3.8) is 0 Å². The Morgan fingerprint density at radius 2 is 1.83 bits per heavy atom. The second-order valence-corrected chi connectivity index (χ2v) is 5.54. The first-order chi connectivity index (χ1) is 8.65. The second kappa shape index (κ2) is 8.48. The number of hydrogen-bond donors (Lipinski definition) is 2. The number of likely N-dealkylation sites (tertiary alicyclic amines) is 1. The fourth-order valence-corrected chi connectivity index (χ4v) is 2.46. The van der Waals surface area contributed by atoms with Gasteiger partial charge in [-0.25, -0.2) is 0 Å². The Bertz CT molecular complexity index is 236. The van der Waals surface area contributed by atoms with E-state index in [9.17, 15) is 4.79 Å². The summed E-state index contributed by atoms with van der Waals surface area (Å²) in [6.07, 6.45) is 5.48. The highest BCUT2D eigenvalue weighted by atomic mass is 16.3. The van der Waals surface area contributed by atoms with E-state index in [2.05, 4.69) is 19.2 Å². The third kappa shape index (κ3) is 5.36. The van der Waals surface area contributed by atoms with Crippen LogP contribution in [0.2, 0.25) is 0 Å². The highest BCUT2D eigenvalue weighted by Gasteiger charge is 2.18. The maximum atomic E-state index is 12.1. The molecule has 0 spiro atoms. The highest BCUT2D eigenvalue weighted by Crippen LogP contribution is 2.10. The number of carbonyl (C=O) groups is 1. The van der Waals surface area contributed by atoms with Crippen molar-refractivity contribution in [2.24, 2.45) is 5.92 Å². The van der Waals surface area contributed by atoms with Crippen molar-refractivity contribution in [3.05, 3.63) is 0 Å². The minimum Gasteiger partial charge on any atom is -0.396 e. The summed E-state index contributed by atoms with van der Waals surface area (Å²) in [7, 11) is 0. The number of rotatable bonds is 6. The molecule has 0 aromatic heterocycles. The fourth-order valence-electron chi connectivity index (χ4n) is 2.46. The third-order valence-corrected chi connectivity index (χ3v) is 3.72. The van der Waals surface area contributed by atoms with Crippen LogP contribution in [0, 0.1) is 5.92 Å². The molecule has 1 saturated heterocycles. The zero-order valence-corrected chi connectivity index (χ0v) is 11.8. The molecule has 0 aliphatic carbocycles. The molecule has 4 nitrogen and oxygen atoms in total. The predicted molar refractivity (Wildman–Crippen MR) is 73.4 cm³/mol. The number of amides is 1. The maximum Gasteiger partial charge on any atom is 0.236 e. The first kappa shape index (κ1) is 15.4. The second-order valence-electron chi connectivity index (χ2n) is 5.54. The van der Waals surface area contributed by atoms with Crippen LogP contribution in [0.1, 0.15) is 46.0 Å². The van der Waals surface area contributed by atoms with E-state index in [1.54, 1.807) is 0 Å². The van der Waals surface area contributed by atoms with Gasteiger partial charge in [0.05, 0.1) is 6.54 Å². The van der Waals surface area contributed by atoms with E-state index in [-0.39, 0.29) is 18.6 Å². The fraction of sp³-hybridized carbons (Fsp3) is 0.929. The van der Waals surface area contributed by atoms with Gasteiger partial charge in [0.25, 0.3) is 0 Å². The molecular formula is C14H28N2O2. The van der Waals surface area contributed by atoms with E-state index >= 15 is 0 Å². The summed E-state index contributed by atoms with van der Waals surface area (Å²) in [5, 5.41) is 12.3. The number of aliphatic hydroxyl groups is 1. The molecule has 2 N–H and O–H groups in total. The Kier molecular flexibility index (Phi) is 7.28. The van der Waals surface area contributed by atoms with Crippen LogP contribution in [-0.4, -0.2) is 48.2 Å². The van der Waals surface area contributed by atoms with E-state index < -0.39 is 0 Å². The van der Waals surface area contributed by atoms with Gasteiger partial charge in [-0.1, -0.05) is 26.7 Å². The standard InChI is InChI=1S/C14H28N2O2/c1-12(2)13(7-10-17)15-11-14(18)16-8-5-3-4-6-9-16/h12-13,15,17H,3-11H2,1-2H3. The molecule has 1 heterocycles. The van der Waals surface area contributed by atoms with Crippen LogP contribution in [0.25, 0.3) is 0 Å². The van der Waals surface area contributed by atoms with E-state index in [0.717, 1.165) is 25.9 Å². The minimum atomic E-state index is 0.174. The van der Waals surface area contributed by atoms with Crippen molar-refractivity contribution in [2.45, 2.75) is 52.0 Å². The zero-order chi connectivity index (χ0) is 13.4. The Morgan fingerprint density at radius 3 is 2.33 bits per heavy atom. The van der Waals surface area contributed by atoms with Crippen LogP contribution in [0.5, 0.6) is 0 Å². The monoisotopic (exact) mass is 256 g/mol. The molecule has 0 aromatic carbocycles. The van der Waals surface area contributed by atoms with E-state index in [1.165, 1.54) is 12.8 Å². The molecular weight excluding hydrogens is 228 g/mol. The van der Waals surface area contributed by atoms with Crippen LogP contribution in [0.3, 0.4) is 0 Å². The summed E-state index contributed by atoms with van der Waals surface area (Å²) in [4.78, 5) is 14.1. The lowest BCUT2D eigenvalue weighted by atomic mass is 10.0. The Hall–Kier alpha value is -0.610. The van der Waals surface area contributed by atoms with Gasteiger partial charge < -0.3 is 15.3 Å². The molecule has 1 unspecified atom stereocenters. The summed E-state index contributed by atoms with van der Waals surface area (Å²) >= 11 is 0. The van der Waals surface area contributed by atoms with E-state index in [4.69, 9.17) is 5.11 Å². The van der Waals surface area contributed by atoms with Crippen LogP contribution in [-0.2, 0) is 4.79 Å². The van der Waals surface area contributed by atoms with Gasteiger partial charge in [0.1, 0.15) is 0 Å². The lowest BCUT2D eigenvalue weighted by molar-refractivity contribution is -0.130. The van der Waals surface area contributed by atoms with Crippen molar-refractivity contribution in [1.29, 1.82) is 0 Å². The molecule has 0 aromatic rings. The van der Waals surface area contributed by atoms with Gasteiger partial charge in [-0.2, -0.15) is 0 Å². The lowest BCUT2D eigenvalue weighted by Crippen LogP contribution is -2.44. The van der Waals surface area contributed by atoms with Crippen LogP contribution < -0.4 is 5.32 Å². The van der Waals surface area contributed by atoms with E-state index in [1.807, 2.05) is 4.90 Å². The molecule has 1 aliphatic heterocycles. The molecule has 0 radical (unpaired) electrons. The summed E-state index contributed by atoms with van der Waals surface area (Å²) in [6, 6.07) is 0.228. The Balaban J connectivity index is 2.33. The Labute approximate surface area is 111 Å². The average molecular weight is 256 g/mol. The normalized spacial score (nSPS) is 18.8. The third-order valence-electron chi connectivity index (χ3n) is 3.72. The van der Waals surface area contributed by atoms with Crippen LogP contribution >= 0.6 is 0 Å². The topological polar surface area (TPSA) is 52.6 Å². The molecule has 0 bridgehead atoms. The predicted octanol–water partition coefficient (Wildman–Crippen LogP) is 1.39. The van der Waals surface area contributed by atoms with Gasteiger partial charge >= 0.3 is 0 Å². The summed E-state index contributed by atoms with van der Waals surface area (Å²) in [6.45, 7) is 6.63. The quantitative estimate of drug-likeness (QED) is 0.755.